The van der Waals surface area contributed by atoms with Gasteiger partial charge in [0.05, 0.1) is 40.1 Å². The maximum absolute atomic E-state index is 9.90. The lowest BCUT2D eigenvalue weighted by Gasteiger charge is -2.46. The molecule has 0 N–H and O–H groups in total. The van der Waals surface area contributed by atoms with Crippen molar-refractivity contribution >= 4 is 101 Å². The molecule has 0 spiro atoms. The number of fused-ring (bicyclic) bond motifs is 10. The largest absolute Gasteiger partial charge is 0.311 e. The van der Waals surface area contributed by atoms with Crippen molar-refractivity contribution in [3.63, 3.8) is 0 Å². The Morgan fingerprint density at radius 2 is 0.802 bits per heavy atom. The van der Waals surface area contributed by atoms with Crippen molar-refractivity contribution in [2.24, 2.45) is 0 Å². The summed E-state index contributed by atoms with van der Waals surface area (Å²) in [6, 6.07) is 82.1. The number of hydrogen-bond acceptors (Lipinski definition) is 2. The van der Waals surface area contributed by atoms with E-state index >= 15 is 0 Å². The van der Waals surface area contributed by atoms with Crippen LogP contribution in [0.1, 0.15) is 65.0 Å². The van der Waals surface area contributed by atoms with Crippen molar-refractivity contribution in [3.8, 4) is 55.9 Å². The molecule has 0 saturated heterocycles. The summed E-state index contributed by atoms with van der Waals surface area (Å²) in [5.41, 5.74) is 20.8. The number of para-hydroxylation sites is 3. The Bertz CT molecular complexity index is 5810. The second-order valence-corrected chi connectivity index (χ2v) is 26.2. The Morgan fingerprint density at radius 3 is 1.45 bits per heavy atom. The van der Waals surface area contributed by atoms with E-state index in [1.54, 1.807) is 0 Å². The number of hydrogen-bond donors (Lipinski definition) is 0. The molecule has 0 amide bonds. The minimum atomic E-state index is -0.490. The van der Waals surface area contributed by atoms with Gasteiger partial charge in [0.25, 0.3) is 6.71 Å². The van der Waals surface area contributed by atoms with Crippen LogP contribution in [0.15, 0.2) is 297 Å². The maximum atomic E-state index is 9.90. The minimum absolute atomic E-state index is 0.0998. The standard InChI is InChI=1S/C86H67BN4/c1-85(2,3)62-50-70(58-30-15-9-16-31-58)84(71(51-62)59-32-17-10-18-33-59)91-79-49-61(57-28-13-8-14-29-57)42-45-73(79)87-74-46-43-66(55-80(74)90(81-52-63(86(4,5)6)53-82(91)83(81)87)64-35-25-34-60(48-64)56-26-11-7-12-27-56)89-77-41-24-21-38-69(77)72-54-65(44-47-78(72)89)88-75-39-22-19-36-67(75)68-37-20-23-40-76(68)88/h7-55H,1-6H3/i8D,13D,14D,21D,24D,28D,29D,38D,41D. The third-order valence-electron chi connectivity index (χ3n) is 18.8. The Morgan fingerprint density at radius 1 is 0.308 bits per heavy atom. The van der Waals surface area contributed by atoms with Crippen LogP contribution in [0.3, 0.4) is 0 Å². The van der Waals surface area contributed by atoms with E-state index in [1.165, 1.54) is 0 Å². The van der Waals surface area contributed by atoms with Crippen LogP contribution in [-0.4, -0.2) is 15.8 Å². The van der Waals surface area contributed by atoms with Crippen molar-refractivity contribution in [3.05, 3.63) is 308 Å². The first-order chi connectivity index (χ1) is 48.2. The van der Waals surface area contributed by atoms with E-state index < -0.39 is 30.3 Å². The molecule has 13 aromatic carbocycles. The zero-order valence-electron chi connectivity index (χ0n) is 60.5. The Hall–Kier alpha value is -10.9. The molecule has 91 heavy (non-hydrogen) atoms. The molecule has 2 aliphatic heterocycles. The lowest BCUT2D eigenvalue weighted by molar-refractivity contribution is 0.590. The summed E-state index contributed by atoms with van der Waals surface area (Å²) in [4.78, 5) is 4.80. The first kappa shape index (κ1) is 45.4. The summed E-state index contributed by atoms with van der Waals surface area (Å²) in [5, 5.41) is 3.29. The van der Waals surface area contributed by atoms with Crippen LogP contribution in [0.4, 0.5) is 34.1 Å². The lowest BCUT2D eigenvalue weighted by Crippen LogP contribution is -2.61. The van der Waals surface area contributed by atoms with Crippen molar-refractivity contribution in [1.82, 2.24) is 9.13 Å². The van der Waals surface area contributed by atoms with Crippen LogP contribution in [0.5, 0.6) is 0 Å². The fraction of sp³-hybridized carbons (Fsp3) is 0.0930. The molecule has 434 valence electrons. The van der Waals surface area contributed by atoms with Crippen LogP contribution in [0.2, 0.25) is 0 Å². The van der Waals surface area contributed by atoms with Gasteiger partial charge in [-0.3, -0.25) is 0 Å². The highest BCUT2D eigenvalue weighted by atomic mass is 15.2. The molecular weight excluding hydrogens is 1100 g/mol. The van der Waals surface area contributed by atoms with Gasteiger partial charge in [-0.1, -0.05) is 248 Å². The highest BCUT2D eigenvalue weighted by Crippen LogP contribution is 2.53. The predicted molar refractivity (Wildman–Crippen MR) is 388 cm³/mol. The smallest absolute Gasteiger partial charge is 0.252 e. The fourth-order valence-electron chi connectivity index (χ4n) is 14.4. The molecule has 0 fully saturated rings. The van der Waals surface area contributed by atoms with Gasteiger partial charge in [-0.05, 0) is 163 Å². The summed E-state index contributed by atoms with van der Waals surface area (Å²) >= 11 is 0. The van der Waals surface area contributed by atoms with Gasteiger partial charge in [0.1, 0.15) is 0 Å². The van der Waals surface area contributed by atoms with E-state index in [1.807, 2.05) is 47.0 Å². The summed E-state index contributed by atoms with van der Waals surface area (Å²) in [7, 11) is 0. The number of aromatic nitrogens is 2. The van der Waals surface area contributed by atoms with E-state index in [4.69, 9.17) is 4.11 Å². The molecule has 2 aliphatic rings. The van der Waals surface area contributed by atoms with Gasteiger partial charge in [0, 0.05) is 72.5 Å². The van der Waals surface area contributed by atoms with Crippen molar-refractivity contribution in [2.45, 2.75) is 52.4 Å². The molecule has 4 nitrogen and oxygen atoms in total. The molecule has 0 atom stereocenters. The third kappa shape index (κ3) is 8.81. The minimum Gasteiger partial charge on any atom is -0.311 e. The average Bonchev–Trinajstić information content (AvgIpc) is 0.792. The van der Waals surface area contributed by atoms with Gasteiger partial charge >= 0.3 is 0 Å². The summed E-state index contributed by atoms with van der Waals surface area (Å²) in [6.45, 7) is 13.0. The summed E-state index contributed by atoms with van der Waals surface area (Å²) in [6.07, 6.45) is 0. The van der Waals surface area contributed by atoms with Gasteiger partial charge in [0.15, 0.2) is 0 Å². The van der Waals surface area contributed by atoms with E-state index in [0.29, 0.717) is 33.1 Å². The first-order valence-electron chi connectivity index (χ1n) is 35.8. The SMILES string of the molecule is [2H]c1c([2H])c([2H])c(-c2ccc3c(c2)N(c2c(-c4ccccc4)cc(C(C)(C)C)cc2-c2ccccc2)c2cc(C(C)(C)C)cc4c2B3c2ccc(-n3c5ccc(-n6c7ccccc7c7ccccc76)cc5c5c([2H])c([2H])c([2H])c([2H])c53)cc2N4c2cccc(-c3ccccc3)c2)c([2H])c1[2H]. The molecule has 15 aromatic rings. The highest BCUT2D eigenvalue weighted by Gasteiger charge is 2.45. The Labute approximate surface area is 545 Å². The van der Waals surface area contributed by atoms with Gasteiger partial charge in [0.2, 0.25) is 0 Å². The van der Waals surface area contributed by atoms with E-state index in [2.05, 4.69) is 256 Å². The molecular formula is C86H67BN4. The number of rotatable bonds is 8. The normalized spacial score (nSPS) is 14.3. The van der Waals surface area contributed by atoms with Crippen molar-refractivity contribution in [2.75, 3.05) is 9.80 Å². The molecule has 17 rings (SSSR count). The number of anilines is 6. The summed E-state index contributed by atoms with van der Waals surface area (Å²) < 4.78 is 88.1. The zero-order chi connectivity index (χ0) is 69.1. The Kier molecular flexibility index (Phi) is 10.4. The monoisotopic (exact) mass is 1180 g/mol. The summed E-state index contributed by atoms with van der Waals surface area (Å²) in [5.74, 6) is 0. The zero-order valence-corrected chi connectivity index (χ0v) is 51.5. The second kappa shape index (κ2) is 20.9. The van der Waals surface area contributed by atoms with Gasteiger partial charge in [-0.2, -0.15) is 0 Å². The molecule has 0 unspecified atom stereocenters. The maximum Gasteiger partial charge on any atom is 0.252 e. The molecule has 0 radical (unpaired) electrons. The second-order valence-electron chi connectivity index (χ2n) is 26.2. The van der Waals surface area contributed by atoms with Gasteiger partial charge < -0.3 is 18.9 Å². The first-order valence-corrected chi connectivity index (χ1v) is 31.3. The molecule has 0 aliphatic carbocycles. The van der Waals surface area contributed by atoms with Gasteiger partial charge in [-0.25, -0.2) is 0 Å². The third-order valence-corrected chi connectivity index (χ3v) is 18.8. The topological polar surface area (TPSA) is 16.3 Å². The van der Waals surface area contributed by atoms with E-state index in [9.17, 15) is 8.22 Å². The highest BCUT2D eigenvalue weighted by molar-refractivity contribution is 7.00. The van der Waals surface area contributed by atoms with Crippen LogP contribution < -0.4 is 26.2 Å². The molecule has 4 heterocycles. The molecule has 5 heteroatoms. The van der Waals surface area contributed by atoms with E-state index in [-0.39, 0.29) is 47.2 Å². The molecule has 0 saturated carbocycles. The Balaban J connectivity index is 1.00. The lowest BCUT2D eigenvalue weighted by atomic mass is 9.33. The predicted octanol–water partition coefficient (Wildman–Crippen LogP) is 21.2. The van der Waals surface area contributed by atoms with Crippen LogP contribution in [0.25, 0.3) is 99.5 Å². The van der Waals surface area contributed by atoms with Crippen LogP contribution in [-0.2, 0) is 10.8 Å². The number of nitrogens with zero attached hydrogens (tertiary/aromatic N) is 4. The fourth-order valence-corrected chi connectivity index (χ4v) is 14.4. The number of benzene rings is 13. The van der Waals surface area contributed by atoms with Crippen LogP contribution >= 0.6 is 0 Å². The van der Waals surface area contributed by atoms with Gasteiger partial charge in [-0.15, -0.1) is 0 Å². The quantitative estimate of drug-likeness (QED) is 0.141. The van der Waals surface area contributed by atoms with Crippen LogP contribution in [0, 0.1) is 0 Å². The van der Waals surface area contributed by atoms with E-state index in [0.717, 1.165) is 123 Å². The average molecular weight is 1180 g/mol. The molecule has 2 aromatic heterocycles. The van der Waals surface area contributed by atoms with Crippen molar-refractivity contribution in [1.29, 1.82) is 0 Å². The van der Waals surface area contributed by atoms with Crippen molar-refractivity contribution < 1.29 is 12.3 Å². The molecule has 0 bridgehead atoms.